The van der Waals surface area contributed by atoms with Crippen molar-refractivity contribution in [3.05, 3.63) is 58.0 Å². The van der Waals surface area contributed by atoms with Gasteiger partial charge in [0.05, 0.1) is 11.1 Å². The molecule has 0 bridgehead atoms. The normalized spacial score (nSPS) is 17.2. The van der Waals surface area contributed by atoms with Crippen molar-refractivity contribution in [1.82, 2.24) is 25.1 Å². The number of halogens is 3. The molecule has 0 aliphatic carbocycles. The first-order valence-corrected chi connectivity index (χ1v) is 11.0. The van der Waals surface area contributed by atoms with Crippen molar-refractivity contribution >= 4 is 17.0 Å². The lowest BCUT2D eigenvalue weighted by atomic mass is 10.1. The molecule has 4 rings (SSSR count). The van der Waals surface area contributed by atoms with Crippen molar-refractivity contribution in [2.75, 3.05) is 31.1 Å². The Bertz CT molecular complexity index is 1000. The van der Waals surface area contributed by atoms with Crippen LogP contribution in [0.4, 0.5) is 18.9 Å². The van der Waals surface area contributed by atoms with Crippen LogP contribution in [0.2, 0.25) is 0 Å². The maximum Gasteiger partial charge on any atom is 0.416 e. The van der Waals surface area contributed by atoms with E-state index in [1.807, 2.05) is 21.0 Å². The summed E-state index contributed by atoms with van der Waals surface area (Å²) in [5.74, 6) is 0.780. The van der Waals surface area contributed by atoms with E-state index in [1.165, 1.54) is 12.1 Å². The molecule has 10 heteroatoms. The zero-order chi connectivity index (χ0) is 22.2. The van der Waals surface area contributed by atoms with Gasteiger partial charge in [-0.15, -0.1) is 16.4 Å². The molecule has 2 aromatic heterocycles. The van der Waals surface area contributed by atoms with Gasteiger partial charge < -0.3 is 4.90 Å². The molecule has 6 nitrogen and oxygen atoms in total. The summed E-state index contributed by atoms with van der Waals surface area (Å²) in [6.45, 7) is 8.81. The predicted molar refractivity (Wildman–Crippen MR) is 114 cm³/mol. The summed E-state index contributed by atoms with van der Waals surface area (Å²) in [6, 6.07) is 9.54. The number of rotatable bonds is 4. The van der Waals surface area contributed by atoms with E-state index in [0.29, 0.717) is 31.9 Å². The zero-order valence-electron chi connectivity index (χ0n) is 17.7. The minimum Gasteiger partial charge on any atom is -0.369 e. The van der Waals surface area contributed by atoms with Crippen LogP contribution in [0.5, 0.6) is 0 Å². The zero-order valence-corrected chi connectivity index (χ0v) is 18.5. The van der Waals surface area contributed by atoms with Crippen LogP contribution in [0.1, 0.15) is 43.1 Å². The lowest BCUT2D eigenvalue weighted by Gasteiger charge is -2.40. The molecule has 1 atom stereocenters. The SMILES string of the molecule is CC(C)(C)n1nnnc1[C@H](c1cccs1)N1CCN(c2cccc(C(F)(F)F)c2)CC1. The van der Waals surface area contributed by atoms with Crippen LogP contribution in [-0.2, 0) is 11.7 Å². The molecule has 166 valence electrons. The summed E-state index contributed by atoms with van der Waals surface area (Å²) in [5.41, 5.74) is -0.288. The van der Waals surface area contributed by atoms with E-state index in [1.54, 1.807) is 17.4 Å². The lowest BCUT2D eigenvalue weighted by Crippen LogP contribution is -2.48. The molecular weight excluding hydrogens is 425 g/mol. The van der Waals surface area contributed by atoms with Crippen molar-refractivity contribution in [3.8, 4) is 0 Å². The Hall–Kier alpha value is -2.46. The average molecular weight is 451 g/mol. The molecule has 0 saturated carbocycles. The van der Waals surface area contributed by atoms with Crippen LogP contribution in [-0.4, -0.2) is 51.3 Å². The molecule has 0 unspecified atom stereocenters. The fourth-order valence-corrected chi connectivity index (χ4v) is 4.73. The van der Waals surface area contributed by atoms with Crippen LogP contribution < -0.4 is 4.90 Å². The number of benzene rings is 1. The van der Waals surface area contributed by atoms with Crippen molar-refractivity contribution < 1.29 is 13.2 Å². The Morgan fingerprint density at radius 1 is 1.00 bits per heavy atom. The first-order chi connectivity index (χ1) is 14.6. The molecule has 0 radical (unpaired) electrons. The highest BCUT2D eigenvalue weighted by Gasteiger charge is 2.34. The molecular formula is C21H25F3N6S. The van der Waals surface area contributed by atoms with E-state index >= 15 is 0 Å². The molecule has 0 spiro atoms. The Kier molecular flexibility index (Phi) is 5.78. The number of thiophene rings is 1. The third-order valence-corrected chi connectivity index (χ3v) is 6.33. The van der Waals surface area contributed by atoms with Crippen LogP contribution in [0.15, 0.2) is 41.8 Å². The van der Waals surface area contributed by atoms with Gasteiger partial charge in [0.25, 0.3) is 0 Å². The van der Waals surface area contributed by atoms with Crippen LogP contribution >= 0.6 is 11.3 Å². The highest BCUT2D eigenvalue weighted by Crippen LogP contribution is 2.35. The summed E-state index contributed by atoms with van der Waals surface area (Å²) in [4.78, 5) is 5.46. The largest absolute Gasteiger partial charge is 0.416 e. The van der Waals surface area contributed by atoms with Gasteiger partial charge in [-0.25, -0.2) is 4.68 Å². The fraction of sp³-hybridized carbons (Fsp3) is 0.476. The Labute approximate surface area is 183 Å². The number of piperazine rings is 1. The second-order valence-corrected chi connectivity index (χ2v) is 9.59. The third-order valence-electron chi connectivity index (χ3n) is 5.40. The van der Waals surface area contributed by atoms with Gasteiger partial charge in [0.1, 0.15) is 6.04 Å². The van der Waals surface area contributed by atoms with E-state index in [2.05, 4.69) is 47.3 Å². The molecule has 3 aromatic rings. The summed E-state index contributed by atoms with van der Waals surface area (Å²) < 4.78 is 41.2. The van der Waals surface area contributed by atoms with Gasteiger partial charge in [-0.2, -0.15) is 13.2 Å². The Balaban J connectivity index is 1.57. The van der Waals surface area contributed by atoms with Crippen LogP contribution in [0.25, 0.3) is 0 Å². The van der Waals surface area contributed by atoms with E-state index in [4.69, 9.17) is 0 Å². The summed E-state index contributed by atoms with van der Waals surface area (Å²) in [6.07, 6.45) is -4.34. The molecule has 1 aliphatic rings. The molecule has 1 aromatic carbocycles. The number of nitrogens with zero attached hydrogens (tertiary/aromatic N) is 6. The molecule has 1 saturated heterocycles. The minimum atomic E-state index is -4.34. The molecule has 0 amide bonds. The molecule has 1 aliphatic heterocycles. The van der Waals surface area contributed by atoms with Crippen molar-refractivity contribution in [3.63, 3.8) is 0 Å². The van der Waals surface area contributed by atoms with Crippen LogP contribution in [0, 0.1) is 0 Å². The summed E-state index contributed by atoms with van der Waals surface area (Å²) >= 11 is 1.65. The number of alkyl halides is 3. The first kappa shape index (κ1) is 21.8. The van der Waals surface area contributed by atoms with E-state index in [0.717, 1.165) is 16.8 Å². The van der Waals surface area contributed by atoms with Gasteiger partial charge in [-0.3, -0.25) is 4.90 Å². The van der Waals surface area contributed by atoms with E-state index in [-0.39, 0.29) is 11.6 Å². The monoisotopic (exact) mass is 450 g/mol. The number of hydrogen-bond acceptors (Lipinski definition) is 6. The fourth-order valence-electron chi connectivity index (χ4n) is 3.88. The molecule has 0 N–H and O–H groups in total. The van der Waals surface area contributed by atoms with E-state index < -0.39 is 11.7 Å². The van der Waals surface area contributed by atoms with Gasteiger partial charge in [0.2, 0.25) is 0 Å². The van der Waals surface area contributed by atoms with Crippen LogP contribution in [0.3, 0.4) is 0 Å². The standard InChI is InChI=1S/C21H25F3N6S/c1-20(2,3)30-19(25-26-27-30)18(17-8-5-13-31-17)29-11-9-28(10-12-29)16-7-4-6-15(14-16)21(22,23)24/h4-8,13-14,18H,9-12H2,1-3H3/t18-/m0/s1. The maximum absolute atomic E-state index is 13.1. The number of tetrazole rings is 1. The number of anilines is 1. The average Bonchev–Trinajstić information content (AvgIpc) is 3.41. The van der Waals surface area contributed by atoms with Crippen molar-refractivity contribution in [1.29, 1.82) is 0 Å². The molecule has 1 fully saturated rings. The second-order valence-electron chi connectivity index (χ2n) is 8.61. The summed E-state index contributed by atoms with van der Waals surface area (Å²) in [7, 11) is 0. The Morgan fingerprint density at radius 2 is 1.74 bits per heavy atom. The smallest absolute Gasteiger partial charge is 0.369 e. The van der Waals surface area contributed by atoms with Gasteiger partial charge in [0.15, 0.2) is 5.82 Å². The second kappa shape index (κ2) is 8.23. The highest BCUT2D eigenvalue weighted by atomic mass is 32.1. The van der Waals surface area contributed by atoms with Gasteiger partial charge in [-0.1, -0.05) is 12.1 Å². The van der Waals surface area contributed by atoms with Gasteiger partial charge in [-0.05, 0) is 60.8 Å². The van der Waals surface area contributed by atoms with E-state index in [9.17, 15) is 13.2 Å². The van der Waals surface area contributed by atoms with Gasteiger partial charge in [0, 0.05) is 36.7 Å². The number of hydrogen-bond donors (Lipinski definition) is 0. The topological polar surface area (TPSA) is 50.1 Å². The quantitative estimate of drug-likeness (QED) is 0.589. The number of aromatic nitrogens is 4. The lowest BCUT2D eigenvalue weighted by molar-refractivity contribution is -0.137. The van der Waals surface area contributed by atoms with Gasteiger partial charge >= 0.3 is 6.18 Å². The molecule has 31 heavy (non-hydrogen) atoms. The van der Waals surface area contributed by atoms with Crippen molar-refractivity contribution in [2.45, 2.75) is 38.5 Å². The predicted octanol–water partition coefficient (Wildman–Crippen LogP) is 4.42. The third kappa shape index (κ3) is 4.59. The summed E-state index contributed by atoms with van der Waals surface area (Å²) in [5, 5.41) is 14.6. The highest BCUT2D eigenvalue weighted by molar-refractivity contribution is 7.10. The maximum atomic E-state index is 13.1. The Morgan fingerprint density at radius 3 is 2.35 bits per heavy atom. The van der Waals surface area contributed by atoms with Crippen molar-refractivity contribution in [2.24, 2.45) is 0 Å². The molecule has 3 heterocycles. The first-order valence-electron chi connectivity index (χ1n) is 10.1. The minimum absolute atomic E-state index is 0.0992.